The number of nitrogens with zero attached hydrogens (tertiary/aromatic N) is 3. The summed E-state index contributed by atoms with van der Waals surface area (Å²) in [4.78, 5) is 24.5. The molecule has 1 aromatic heterocycles. The second-order valence-electron chi connectivity index (χ2n) is 6.19. The fraction of sp³-hybridized carbons (Fsp3) is 0.200. The van der Waals surface area contributed by atoms with E-state index in [1.165, 1.54) is 23.9 Å². The van der Waals surface area contributed by atoms with Crippen LogP contribution in [0.15, 0.2) is 58.2 Å². The molecule has 30 heavy (non-hydrogen) atoms. The molecule has 0 bridgehead atoms. The molecule has 0 fully saturated rings. The molecule has 2 amide bonds. The van der Waals surface area contributed by atoms with E-state index in [0.717, 1.165) is 4.47 Å². The van der Waals surface area contributed by atoms with Gasteiger partial charge in [0.25, 0.3) is 0 Å². The Morgan fingerprint density at radius 1 is 1.07 bits per heavy atom. The predicted octanol–water partition coefficient (Wildman–Crippen LogP) is 4.11. The highest BCUT2D eigenvalue weighted by Gasteiger charge is 2.16. The molecule has 0 aliphatic carbocycles. The molecule has 0 spiro atoms. The topological polar surface area (TPSA) is 88.9 Å². The number of hydrogen-bond acceptors (Lipinski definition) is 5. The van der Waals surface area contributed by atoms with Gasteiger partial charge in [0.1, 0.15) is 11.6 Å². The number of hydrogen-bond donors (Lipinski definition) is 2. The zero-order chi connectivity index (χ0) is 21.5. The van der Waals surface area contributed by atoms with Crippen LogP contribution in [0, 0.1) is 5.82 Å². The summed E-state index contributed by atoms with van der Waals surface area (Å²) in [6.45, 7) is 2.43. The Morgan fingerprint density at radius 3 is 2.50 bits per heavy atom. The summed E-state index contributed by atoms with van der Waals surface area (Å²) in [5.74, 6) is -0.480. The van der Waals surface area contributed by atoms with Crippen LogP contribution in [-0.4, -0.2) is 32.3 Å². The first-order valence-electron chi connectivity index (χ1n) is 9.11. The molecule has 156 valence electrons. The van der Waals surface area contributed by atoms with Gasteiger partial charge in [-0.1, -0.05) is 39.8 Å². The van der Waals surface area contributed by atoms with E-state index in [9.17, 15) is 14.0 Å². The van der Waals surface area contributed by atoms with E-state index in [1.807, 2.05) is 19.1 Å². The van der Waals surface area contributed by atoms with Crippen molar-refractivity contribution < 1.29 is 14.0 Å². The third-order valence-electron chi connectivity index (χ3n) is 4.04. The quantitative estimate of drug-likeness (QED) is 0.462. The lowest BCUT2D eigenvalue weighted by atomic mass is 10.3. The van der Waals surface area contributed by atoms with Crippen LogP contribution in [0.5, 0.6) is 0 Å². The number of carbonyl (C=O) groups excluding carboxylic acids is 2. The molecule has 0 aliphatic rings. The largest absolute Gasteiger partial charge is 0.325 e. The number of amides is 2. The summed E-state index contributed by atoms with van der Waals surface area (Å²) < 4.78 is 16.4. The number of halogens is 2. The van der Waals surface area contributed by atoms with Crippen LogP contribution in [-0.2, 0) is 22.6 Å². The Balaban J connectivity index is 1.58. The van der Waals surface area contributed by atoms with Gasteiger partial charge in [-0.3, -0.25) is 9.59 Å². The monoisotopic (exact) mass is 491 g/mol. The van der Waals surface area contributed by atoms with Crippen molar-refractivity contribution in [2.75, 3.05) is 16.4 Å². The molecule has 2 aromatic carbocycles. The first-order valence-corrected chi connectivity index (χ1v) is 10.9. The third-order valence-corrected chi connectivity index (χ3v) is 5.53. The van der Waals surface area contributed by atoms with Gasteiger partial charge >= 0.3 is 0 Å². The van der Waals surface area contributed by atoms with Crippen molar-refractivity contribution in [3.63, 3.8) is 0 Å². The number of para-hydroxylation sites is 1. The van der Waals surface area contributed by atoms with E-state index in [1.54, 1.807) is 28.8 Å². The van der Waals surface area contributed by atoms with Crippen LogP contribution in [0.4, 0.5) is 15.8 Å². The zero-order valence-corrected chi connectivity index (χ0v) is 18.5. The van der Waals surface area contributed by atoms with E-state index in [0.29, 0.717) is 23.2 Å². The van der Waals surface area contributed by atoms with Crippen LogP contribution in [0.2, 0.25) is 0 Å². The Morgan fingerprint density at radius 2 is 1.80 bits per heavy atom. The molecule has 1 heterocycles. The highest BCUT2D eigenvalue weighted by atomic mass is 79.9. The van der Waals surface area contributed by atoms with Crippen molar-refractivity contribution in [2.45, 2.75) is 25.0 Å². The van der Waals surface area contributed by atoms with Gasteiger partial charge in [0, 0.05) is 16.7 Å². The lowest BCUT2D eigenvalue weighted by Crippen LogP contribution is -2.18. The van der Waals surface area contributed by atoms with Gasteiger partial charge in [-0.15, -0.1) is 10.2 Å². The van der Waals surface area contributed by atoms with E-state index < -0.39 is 11.7 Å². The minimum atomic E-state index is -0.504. The summed E-state index contributed by atoms with van der Waals surface area (Å²) in [6, 6.07) is 13.2. The number of aromatic nitrogens is 3. The summed E-state index contributed by atoms with van der Waals surface area (Å²) in [5.41, 5.74) is 0.815. The molecule has 0 aliphatic heterocycles. The van der Waals surface area contributed by atoms with Crippen LogP contribution in [0.3, 0.4) is 0 Å². The molecule has 0 saturated heterocycles. The summed E-state index contributed by atoms with van der Waals surface area (Å²) in [6.07, 6.45) is -0.0547. The van der Waals surface area contributed by atoms with E-state index in [4.69, 9.17) is 0 Å². The van der Waals surface area contributed by atoms with Crippen molar-refractivity contribution in [3.05, 3.63) is 64.6 Å². The maximum Gasteiger partial charge on any atom is 0.234 e. The summed E-state index contributed by atoms with van der Waals surface area (Å²) >= 11 is 4.58. The third kappa shape index (κ3) is 5.90. The van der Waals surface area contributed by atoms with Crippen LogP contribution in [0.25, 0.3) is 0 Å². The van der Waals surface area contributed by atoms with Gasteiger partial charge in [0.2, 0.25) is 11.8 Å². The number of rotatable bonds is 8. The van der Waals surface area contributed by atoms with E-state index in [-0.39, 0.29) is 23.8 Å². The van der Waals surface area contributed by atoms with Gasteiger partial charge in [-0.25, -0.2) is 4.39 Å². The Labute approximate surface area is 185 Å². The molecule has 3 rings (SSSR count). The fourth-order valence-electron chi connectivity index (χ4n) is 2.64. The molecule has 0 radical (unpaired) electrons. The molecule has 10 heteroatoms. The Bertz CT molecular complexity index is 1040. The van der Waals surface area contributed by atoms with Crippen molar-refractivity contribution >= 4 is 50.9 Å². The lowest BCUT2D eigenvalue weighted by molar-refractivity contribution is -0.116. The normalized spacial score (nSPS) is 10.6. The van der Waals surface area contributed by atoms with Crippen LogP contribution < -0.4 is 10.6 Å². The van der Waals surface area contributed by atoms with Crippen molar-refractivity contribution in [3.8, 4) is 0 Å². The zero-order valence-electron chi connectivity index (χ0n) is 16.1. The van der Waals surface area contributed by atoms with E-state index >= 15 is 0 Å². The number of anilines is 2. The SMILES string of the molecule is CCn1c(CC(=O)Nc2ccccc2F)nnc1SCC(=O)Nc1ccc(Br)cc1. The predicted molar refractivity (Wildman–Crippen MR) is 118 cm³/mol. The molecular weight excluding hydrogens is 473 g/mol. The highest BCUT2D eigenvalue weighted by molar-refractivity contribution is 9.10. The van der Waals surface area contributed by atoms with Crippen molar-refractivity contribution in [2.24, 2.45) is 0 Å². The molecule has 7 nitrogen and oxygen atoms in total. The van der Waals surface area contributed by atoms with E-state index in [2.05, 4.69) is 36.8 Å². The van der Waals surface area contributed by atoms with Crippen LogP contribution >= 0.6 is 27.7 Å². The van der Waals surface area contributed by atoms with Crippen LogP contribution in [0.1, 0.15) is 12.7 Å². The Hall–Kier alpha value is -2.72. The smallest absolute Gasteiger partial charge is 0.234 e. The summed E-state index contributed by atoms with van der Waals surface area (Å²) in [7, 11) is 0. The van der Waals surface area contributed by atoms with Gasteiger partial charge in [-0.05, 0) is 43.3 Å². The van der Waals surface area contributed by atoms with Crippen molar-refractivity contribution in [1.82, 2.24) is 14.8 Å². The molecule has 3 aromatic rings. The number of benzene rings is 2. The summed E-state index contributed by atoms with van der Waals surface area (Å²) in [5, 5.41) is 14.0. The minimum Gasteiger partial charge on any atom is -0.325 e. The minimum absolute atomic E-state index is 0.0547. The van der Waals surface area contributed by atoms with Gasteiger partial charge in [0.05, 0.1) is 17.9 Å². The number of carbonyl (C=O) groups is 2. The fourth-order valence-corrected chi connectivity index (χ4v) is 3.72. The van der Waals surface area contributed by atoms with Gasteiger partial charge < -0.3 is 15.2 Å². The number of nitrogens with one attached hydrogen (secondary N) is 2. The highest BCUT2D eigenvalue weighted by Crippen LogP contribution is 2.19. The molecule has 0 atom stereocenters. The number of thioether (sulfide) groups is 1. The maximum atomic E-state index is 13.7. The average Bonchev–Trinajstić information content (AvgIpc) is 3.11. The van der Waals surface area contributed by atoms with Crippen molar-refractivity contribution in [1.29, 1.82) is 0 Å². The second kappa shape index (κ2) is 10.4. The first kappa shape index (κ1) is 22.0. The maximum absolute atomic E-state index is 13.7. The standard InChI is InChI=1S/C20H19BrFN5O2S/c1-2-27-17(11-18(28)24-16-6-4-3-5-15(16)22)25-26-20(27)30-12-19(29)23-14-9-7-13(21)8-10-14/h3-10H,2,11-12H2,1H3,(H,23,29)(H,24,28). The molecule has 0 saturated carbocycles. The first-order chi connectivity index (χ1) is 14.5. The average molecular weight is 492 g/mol. The molecule has 0 unspecified atom stereocenters. The second-order valence-corrected chi connectivity index (χ2v) is 8.05. The Kier molecular flexibility index (Phi) is 7.58. The van der Waals surface area contributed by atoms with Gasteiger partial charge in [-0.2, -0.15) is 0 Å². The van der Waals surface area contributed by atoms with Gasteiger partial charge in [0.15, 0.2) is 5.16 Å². The molecular formula is C20H19BrFN5O2S. The lowest BCUT2D eigenvalue weighted by Gasteiger charge is -2.09. The molecule has 2 N–H and O–H groups in total.